The van der Waals surface area contributed by atoms with Gasteiger partial charge in [0.1, 0.15) is 5.69 Å². The smallest absolute Gasteiger partial charge is 0.305 e. The number of nitrogens with zero attached hydrogens (tertiary/aromatic N) is 4. The molecule has 0 radical (unpaired) electrons. The van der Waals surface area contributed by atoms with E-state index in [0.29, 0.717) is 11.7 Å². The van der Waals surface area contributed by atoms with E-state index in [9.17, 15) is 4.79 Å². The third-order valence-electron chi connectivity index (χ3n) is 2.29. The van der Waals surface area contributed by atoms with Gasteiger partial charge in [-0.2, -0.15) is 0 Å². The lowest BCUT2D eigenvalue weighted by molar-refractivity contribution is -0.136. The molecule has 0 aliphatic rings. The van der Waals surface area contributed by atoms with Crippen molar-refractivity contribution in [3.63, 3.8) is 0 Å². The van der Waals surface area contributed by atoms with Crippen molar-refractivity contribution in [2.45, 2.75) is 6.42 Å². The summed E-state index contributed by atoms with van der Waals surface area (Å²) in [4.78, 5) is 16.5. The van der Waals surface area contributed by atoms with Crippen LogP contribution < -0.4 is 4.90 Å². The molecule has 0 saturated heterocycles. The van der Waals surface area contributed by atoms with Crippen molar-refractivity contribution in [2.75, 3.05) is 18.5 Å². The maximum atomic E-state index is 10.5. The highest BCUT2D eigenvalue weighted by molar-refractivity contribution is 7.18. The van der Waals surface area contributed by atoms with E-state index in [-0.39, 0.29) is 6.42 Å². The van der Waals surface area contributed by atoms with Crippen LogP contribution in [0.25, 0.3) is 10.7 Å². The van der Waals surface area contributed by atoms with E-state index in [1.54, 1.807) is 18.1 Å². The number of carbonyl (C=O) groups is 1. The quantitative estimate of drug-likeness (QED) is 0.881. The molecule has 0 spiro atoms. The lowest BCUT2D eigenvalue weighted by Crippen LogP contribution is -2.20. The largest absolute Gasteiger partial charge is 0.481 e. The molecule has 0 amide bonds. The number of aromatic nitrogens is 3. The number of anilines is 1. The van der Waals surface area contributed by atoms with E-state index in [2.05, 4.69) is 15.2 Å². The number of hydrogen-bond acceptors (Lipinski definition) is 6. The summed E-state index contributed by atoms with van der Waals surface area (Å²) in [6.07, 6.45) is 1.78. The number of hydrogen-bond donors (Lipinski definition) is 1. The Labute approximate surface area is 108 Å². The van der Waals surface area contributed by atoms with Gasteiger partial charge >= 0.3 is 5.97 Å². The van der Waals surface area contributed by atoms with Gasteiger partial charge < -0.3 is 10.0 Å². The topological polar surface area (TPSA) is 79.2 Å². The molecule has 7 heteroatoms. The molecular formula is C11H12N4O2S. The highest BCUT2D eigenvalue weighted by atomic mass is 32.1. The van der Waals surface area contributed by atoms with Gasteiger partial charge in [-0.25, -0.2) is 0 Å². The average molecular weight is 264 g/mol. The van der Waals surface area contributed by atoms with Gasteiger partial charge in [-0.3, -0.25) is 9.78 Å². The molecule has 2 aromatic heterocycles. The van der Waals surface area contributed by atoms with Crippen LogP contribution in [0, 0.1) is 0 Å². The van der Waals surface area contributed by atoms with E-state index in [4.69, 9.17) is 5.11 Å². The van der Waals surface area contributed by atoms with Crippen molar-refractivity contribution < 1.29 is 9.90 Å². The molecule has 0 saturated carbocycles. The molecule has 2 aromatic rings. The van der Waals surface area contributed by atoms with E-state index < -0.39 is 5.97 Å². The summed E-state index contributed by atoms with van der Waals surface area (Å²) in [5, 5.41) is 18.1. The third kappa shape index (κ3) is 3.01. The van der Waals surface area contributed by atoms with Crippen molar-refractivity contribution in [3.8, 4) is 10.7 Å². The molecule has 1 N–H and O–H groups in total. The van der Waals surface area contributed by atoms with Gasteiger partial charge in [0, 0.05) is 19.8 Å². The van der Waals surface area contributed by atoms with Crippen LogP contribution in [0.2, 0.25) is 0 Å². The fourth-order valence-electron chi connectivity index (χ4n) is 1.32. The van der Waals surface area contributed by atoms with Gasteiger partial charge in [-0.15, -0.1) is 10.2 Å². The summed E-state index contributed by atoms with van der Waals surface area (Å²) in [5.74, 6) is -0.823. The first-order chi connectivity index (χ1) is 8.66. The summed E-state index contributed by atoms with van der Waals surface area (Å²) >= 11 is 1.39. The molecule has 94 valence electrons. The maximum Gasteiger partial charge on any atom is 0.305 e. The monoisotopic (exact) mass is 264 g/mol. The van der Waals surface area contributed by atoms with Gasteiger partial charge in [-0.1, -0.05) is 17.4 Å². The minimum absolute atomic E-state index is 0.0784. The van der Waals surface area contributed by atoms with Crippen LogP contribution in [-0.4, -0.2) is 39.8 Å². The molecule has 0 aromatic carbocycles. The van der Waals surface area contributed by atoms with Crippen LogP contribution in [0.15, 0.2) is 24.4 Å². The van der Waals surface area contributed by atoms with Crippen molar-refractivity contribution >= 4 is 22.4 Å². The van der Waals surface area contributed by atoms with Crippen LogP contribution in [0.4, 0.5) is 5.13 Å². The maximum absolute atomic E-state index is 10.5. The van der Waals surface area contributed by atoms with E-state index in [1.807, 2.05) is 18.2 Å². The molecule has 2 heterocycles. The Morgan fingerprint density at radius 1 is 1.44 bits per heavy atom. The lowest BCUT2D eigenvalue weighted by Gasteiger charge is -2.12. The van der Waals surface area contributed by atoms with Crippen LogP contribution in [-0.2, 0) is 4.79 Å². The van der Waals surface area contributed by atoms with Gasteiger partial charge in [0.2, 0.25) is 5.13 Å². The third-order valence-corrected chi connectivity index (χ3v) is 3.35. The standard InChI is InChI=1S/C11H12N4O2S/c1-15(7-5-9(16)17)11-14-13-10(18-11)8-4-2-3-6-12-8/h2-4,6H,5,7H2,1H3,(H,16,17). The Bertz CT molecular complexity index is 529. The zero-order valence-corrected chi connectivity index (χ0v) is 10.6. The number of carboxylic acid groups (broad SMARTS) is 1. The molecule has 18 heavy (non-hydrogen) atoms. The summed E-state index contributed by atoms with van der Waals surface area (Å²) in [5.41, 5.74) is 0.771. The second kappa shape index (κ2) is 5.54. The molecule has 0 fully saturated rings. The summed E-state index contributed by atoms with van der Waals surface area (Å²) in [6, 6.07) is 5.59. The summed E-state index contributed by atoms with van der Waals surface area (Å²) in [7, 11) is 1.80. The molecule has 2 rings (SSSR count). The molecule has 0 unspecified atom stereocenters. The highest BCUT2D eigenvalue weighted by Crippen LogP contribution is 2.26. The van der Waals surface area contributed by atoms with Crippen molar-refractivity contribution in [1.82, 2.24) is 15.2 Å². The second-order valence-corrected chi connectivity index (χ2v) is 4.63. The Balaban J connectivity index is 2.08. The van der Waals surface area contributed by atoms with E-state index >= 15 is 0 Å². The minimum Gasteiger partial charge on any atom is -0.481 e. The van der Waals surface area contributed by atoms with Gasteiger partial charge in [0.05, 0.1) is 6.42 Å². The van der Waals surface area contributed by atoms with Gasteiger partial charge in [0.15, 0.2) is 5.01 Å². The lowest BCUT2D eigenvalue weighted by atomic mass is 10.4. The second-order valence-electron chi connectivity index (χ2n) is 3.67. The molecule has 0 atom stereocenters. The van der Waals surface area contributed by atoms with E-state index in [1.165, 1.54) is 11.3 Å². The average Bonchev–Trinajstić information content (AvgIpc) is 2.86. The minimum atomic E-state index is -0.823. The predicted octanol–water partition coefficient (Wildman–Crippen LogP) is 1.51. The highest BCUT2D eigenvalue weighted by Gasteiger charge is 2.11. The fraction of sp³-hybridized carbons (Fsp3) is 0.273. The number of pyridine rings is 1. The van der Waals surface area contributed by atoms with Crippen LogP contribution >= 0.6 is 11.3 Å². The summed E-state index contributed by atoms with van der Waals surface area (Å²) < 4.78 is 0. The Morgan fingerprint density at radius 2 is 2.28 bits per heavy atom. The fourth-order valence-corrected chi connectivity index (χ4v) is 2.13. The van der Waals surface area contributed by atoms with E-state index in [0.717, 1.165) is 10.7 Å². The molecule has 0 bridgehead atoms. The number of rotatable bonds is 5. The zero-order valence-electron chi connectivity index (χ0n) is 9.78. The normalized spacial score (nSPS) is 10.3. The molecular weight excluding hydrogens is 252 g/mol. The first-order valence-electron chi connectivity index (χ1n) is 5.34. The Morgan fingerprint density at radius 3 is 2.94 bits per heavy atom. The molecule has 6 nitrogen and oxygen atoms in total. The molecule has 0 aliphatic carbocycles. The Kier molecular flexibility index (Phi) is 3.83. The first-order valence-corrected chi connectivity index (χ1v) is 6.16. The number of carboxylic acids is 1. The van der Waals surface area contributed by atoms with Crippen molar-refractivity contribution in [1.29, 1.82) is 0 Å². The van der Waals surface area contributed by atoms with Crippen LogP contribution in [0.3, 0.4) is 0 Å². The van der Waals surface area contributed by atoms with Gasteiger partial charge in [-0.05, 0) is 12.1 Å². The Hall–Kier alpha value is -2.02. The predicted molar refractivity (Wildman–Crippen MR) is 68.7 cm³/mol. The van der Waals surface area contributed by atoms with Crippen molar-refractivity contribution in [3.05, 3.63) is 24.4 Å². The van der Waals surface area contributed by atoms with Gasteiger partial charge in [0.25, 0.3) is 0 Å². The van der Waals surface area contributed by atoms with Crippen molar-refractivity contribution in [2.24, 2.45) is 0 Å². The first kappa shape index (κ1) is 12.4. The summed E-state index contributed by atoms with van der Waals surface area (Å²) in [6.45, 7) is 0.409. The number of aliphatic carboxylic acids is 1. The SMILES string of the molecule is CN(CCC(=O)O)c1nnc(-c2ccccn2)s1. The molecule has 0 aliphatic heterocycles. The van der Waals surface area contributed by atoms with Crippen LogP contribution in [0.1, 0.15) is 6.42 Å². The van der Waals surface area contributed by atoms with Crippen LogP contribution in [0.5, 0.6) is 0 Å². The zero-order chi connectivity index (χ0) is 13.0.